The van der Waals surface area contributed by atoms with E-state index < -0.39 is 47.6 Å². The number of nitrogens with one attached hydrogen (secondary N) is 3. The number of alkyl carbamates (subject to hydrolysis) is 1. The van der Waals surface area contributed by atoms with E-state index >= 15 is 0 Å². The van der Waals surface area contributed by atoms with Gasteiger partial charge in [-0.2, -0.15) is 0 Å². The minimum absolute atomic E-state index is 0.596. The van der Waals surface area contributed by atoms with Gasteiger partial charge in [0.15, 0.2) is 0 Å². The molecule has 0 fully saturated rings. The first-order valence-corrected chi connectivity index (χ1v) is 7.16. The smallest absolute Gasteiger partial charge is 0.408 e. The summed E-state index contributed by atoms with van der Waals surface area (Å²) in [4.78, 5) is 45.8. The van der Waals surface area contributed by atoms with Gasteiger partial charge in [-0.15, -0.1) is 0 Å². The monoisotopic (exact) mass is 331 g/mol. The van der Waals surface area contributed by atoms with Crippen LogP contribution in [0.25, 0.3) is 0 Å². The molecule has 0 saturated carbocycles. The predicted octanol–water partition coefficient (Wildman–Crippen LogP) is -0.00640. The summed E-state index contributed by atoms with van der Waals surface area (Å²) in [5, 5.41) is 15.7. The van der Waals surface area contributed by atoms with Gasteiger partial charge in [0, 0.05) is 0 Å². The maximum absolute atomic E-state index is 11.9. The van der Waals surface area contributed by atoms with Gasteiger partial charge < -0.3 is 25.8 Å². The van der Waals surface area contributed by atoms with Gasteiger partial charge in [0.1, 0.15) is 23.7 Å². The first-order chi connectivity index (χ1) is 10.3. The van der Waals surface area contributed by atoms with Crippen LogP contribution in [0.5, 0.6) is 0 Å². The zero-order chi connectivity index (χ0) is 18.4. The molecule has 9 nitrogen and oxygen atoms in total. The molecule has 4 N–H and O–H groups in total. The van der Waals surface area contributed by atoms with E-state index in [4.69, 9.17) is 9.84 Å². The summed E-state index contributed by atoms with van der Waals surface area (Å²) in [6, 6.07) is -2.94. The second-order valence-electron chi connectivity index (χ2n) is 6.17. The molecular weight excluding hydrogens is 306 g/mol. The van der Waals surface area contributed by atoms with Crippen LogP contribution < -0.4 is 16.0 Å². The second kappa shape index (κ2) is 8.35. The van der Waals surface area contributed by atoms with Gasteiger partial charge >= 0.3 is 12.1 Å². The third-order valence-electron chi connectivity index (χ3n) is 2.61. The summed E-state index contributed by atoms with van der Waals surface area (Å²) in [5.41, 5.74) is -0.694. The maximum Gasteiger partial charge on any atom is 0.408 e. The van der Waals surface area contributed by atoms with E-state index in [0.29, 0.717) is 0 Å². The lowest BCUT2D eigenvalue weighted by atomic mass is 10.2. The standard InChI is InChI=1S/C14H25N3O6/c1-7(10(18)16-9(3)12(20)21)15-11(19)8(2)17-13(22)23-14(4,5)6/h7-9H,1-6H3,(H,15,19)(H,16,18)(H,17,22)(H,20,21)/t7-,8+,9+/m1/s1. The summed E-state index contributed by atoms with van der Waals surface area (Å²) in [5.74, 6) is -2.42. The molecule has 0 spiro atoms. The molecule has 0 rings (SSSR count). The zero-order valence-corrected chi connectivity index (χ0v) is 14.2. The van der Waals surface area contributed by atoms with Gasteiger partial charge in [-0.1, -0.05) is 0 Å². The van der Waals surface area contributed by atoms with Gasteiger partial charge in [0.2, 0.25) is 11.8 Å². The first-order valence-electron chi connectivity index (χ1n) is 7.16. The number of carbonyl (C=O) groups is 4. The van der Waals surface area contributed by atoms with Gasteiger partial charge in [-0.25, -0.2) is 4.79 Å². The molecule has 23 heavy (non-hydrogen) atoms. The van der Waals surface area contributed by atoms with Crippen LogP contribution in [0, 0.1) is 0 Å². The number of carbonyl (C=O) groups excluding carboxylic acids is 3. The molecule has 0 aliphatic carbocycles. The number of amides is 3. The van der Waals surface area contributed by atoms with Crippen LogP contribution in [0.15, 0.2) is 0 Å². The topological polar surface area (TPSA) is 134 Å². The van der Waals surface area contributed by atoms with Crippen molar-refractivity contribution in [1.29, 1.82) is 0 Å². The van der Waals surface area contributed by atoms with Crippen molar-refractivity contribution >= 4 is 23.9 Å². The molecule has 0 unspecified atom stereocenters. The molecule has 132 valence electrons. The minimum Gasteiger partial charge on any atom is -0.480 e. The summed E-state index contributed by atoms with van der Waals surface area (Å²) >= 11 is 0. The van der Waals surface area contributed by atoms with E-state index in [9.17, 15) is 19.2 Å². The average Bonchev–Trinajstić information content (AvgIpc) is 2.35. The minimum atomic E-state index is -1.18. The highest BCUT2D eigenvalue weighted by molar-refractivity contribution is 5.92. The third-order valence-corrected chi connectivity index (χ3v) is 2.61. The number of rotatable bonds is 6. The SMILES string of the molecule is C[C@H](NC(=O)[C@@H](C)NC(=O)[C@H](C)NC(=O)OC(C)(C)C)C(=O)O. The highest BCUT2D eigenvalue weighted by Gasteiger charge is 2.24. The largest absolute Gasteiger partial charge is 0.480 e. The van der Waals surface area contributed by atoms with E-state index in [1.165, 1.54) is 20.8 Å². The van der Waals surface area contributed by atoms with E-state index in [0.717, 1.165) is 0 Å². The molecule has 0 radical (unpaired) electrons. The Morgan fingerprint density at radius 1 is 0.826 bits per heavy atom. The Morgan fingerprint density at radius 2 is 1.22 bits per heavy atom. The van der Waals surface area contributed by atoms with Crippen molar-refractivity contribution in [2.24, 2.45) is 0 Å². The molecule has 0 aromatic heterocycles. The highest BCUT2D eigenvalue weighted by Crippen LogP contribution is 2.06. The lowest BCUT2D eigenvalue weighted by Crippen LogP contribution is -2.53. The third kappa shape index (κ3) is 8.64. The second-order valence-corrected chi connectivity index (χ2v) is 6.17. The molecule has 0 aliphatic rings. The first kappa shape index (κ1) is 20.7. The highest BCUT2D eigenvalue weighted by atomic mass is 16.6. The van der Waals surface area contributed by atoms with E-state index in [1.54, 1.807) is 20.8 Å². The van der Waals surface area contributed by atoms with Crippen LogP contribution in [0.1, 0.15) is 41.5 Å². The summed E-state index contributed by atoms with van der Waals surface area (Å²) in [6.07, 6.45) is -0.753. The number of hydrogen-bond donors (Lipinski definition) is 4. The Balaban J connectivity index is 4.43. The molecule has 0 aromatic carbocycles. The lowest BCUT2D eigenvalue weighted by molar-refractivity contribution is -0.141. The summed E-state index contributed by atoms with van der Waals surface area (Å²) < 4.78 is 5.02. The van der Waals surface area contributed by atoms with Crippen molar-refractivity contribution in [2.75, 3.05) is 0 Å². The van der Waals surface area contributed by atoms with Gasteiger partial charge in [-0.05, 0) is 41.5 Å². The van der Waals surface area contributed by atoms with Gasteiger partial charge in [0.05, 0.1) is 0 Å². The molecule has 9 heteroatoms. The van der Waals surface area contributed by atoms with E-state index in [1.807, 2.05) is 0 Å². The fourth-order valence-corrected chi connectivity index (χ4v) is 1.35. The molecule has 0 heterocycles. The Hall–Kier alpha value is -2.32. The van der Waals surface area contributed by atoms with Crippen molar-refractivity contribution < 1.29 is 29.0 Å². The molecule has 0 aromatic rings. The van der Waals surface area contributed by atoms with Gasteiger partial charge in [-0.3, -0.25) is 14.4 Å². The summed E-state index contributed by atoms with van der Waals surface area (Å²) in [6.45, 7) is 9.21. The predicted molar refractivity (Wildman–Crippen MR) is 81.7 cm³/mol. The quantitative estimate of drug-likeness (QED) is 0.541. The molecule has 0 aliphatic heterocycles. The van der Waals surface area contributed by atoms with E-state index in [2.05, 4.69) is 16.0 Å². The van der Waals surface area contributed by atoms with Crippen molar-refractivity contribution in [1.82, 2.24) is 16.0 Å². The van der Waals surface area contributed by atoms with Crippen molar-refractivity contribution in [3.8, 4) is 0 Å². The van der Waals surface area contributed by atoms with Crippen LogP contribution in [-0.4, -0.2) is 52.7 Å². The Labute approximate surface area is 135 Å². The molecule has 0 bridgehead atoms. The van der Waals surface area contributed by atoms with Crippen LogP contribution in [0.2, 0.25) is 0 Å². The number of carboxylic acid groups (broad SMARTS) is 1. The molecular formula is C14H25N3O6. The fourth-order valence-electron chi connectivity index (χ4n) is 1.35. The Morgan fingerprint density at radius 3 is 1.61 bits per heavy atom. The Bertz CT molecular complexity index is 472. The van der Waals surface area contributed by atoms with Crippen LogP contribution >= 0.6 is 0 Å². The van der Waals surface area contributed by atoms with Crippen molar-refractivity contribution in [2.45, 2.75) is 65.3 Å². The molecule has 3 atom stereocenters. The lowest BCUT2D eigenvalue weighted by Gasteiger charge is -2.22. The number of aliphatic carboxylic acids is 1. The number of ether oxygens (including phenoxy) is 1. The van der Waals surface area contributed by atoms with Crippen LogP contribution in [-0.2, 0) is 19.1 Å². The fraction of sp³-hybridized carbons (Fsp3) is 0.714. The Kier molecular flexibility index (Phi) is 7.51. The zero-order valence-electron chi connectivity index (χ0n) is 14.2. The molecule has 0 saturated heterocycles. The van der Waals surface area contributed by atoms with Gasteiger partial charge in [0.25, 0.3) is 0 Å². The number of hydrogen-bond acceptors (Lipinski definition) is 5. The summed E-state index contributed by atoms with van der Waals surface area (Å²) in [7, 11) is 0. The van der Waals surface area contributed by atoms with Crippen LogP contribution in [0.4, 0.5) is 4.79 Å². The number of carboxylic acids is 1. The normalized spacial score (nSPS) is 14.9. The van der Waals surface area contributed by atoms with Crippen molar-refractivity contribution in [3.05, 3.63) is 0 Å². The maximum atomic E-state index is 11.9. The van der Waals surface area contributed by atoms with Crippen molar-refractivity contribution in [3.63, 3.8) is 0 Å². The average molecular weight is 331 g/mol. The van der Waals surface area contributed by atoms with E-state index in [-0.39, 0.29) is 0 Å². The molecule has 3 amide bonds. The van der Waals surface area contributed by atoms with Crippen LogP contribution in [0.3, 0.4) is 0 Å².